The zero-order valence-corrected chi connectivity index (χ0v) is 8.54. The van der Waals surface area contributed by atoms with Crippen LogP contribution >= 0.6 is 0 Å². The van der Waals surface area contributed by atoms with Crippen molar-refractivity contribution in [2.45, 2.75) is 13.8 Å². The molecule has 0 saturated carbocycles. The van der Waals surface area contributed by atoms with Crippen molar-refractivity contribution in [2.75, 3.05) is 0 Å². The topological polar surface area (TPSA) is 0 Å². The summed E-state index contributed by atoms with van der Waals surface area (Å²) in [4.78, 5) is 0. The number of aryl methyl sites for hydroxylation is 2. The van der Waals surface area contributed by atoms with Gasteiger partial charge in [0, 0.05) is 0 Å². The SMILES string of the molecule is Cc1[c]cc(-c2ccc(C)cc2)cc1. The van der Waals surface area contributed by atoms with Crippen molar-refractivity contribution < 1.29 is 0 Å². The van der Waals surface area contributed by atoms with Gasteiger partial charge in [-0.3, -0.25) is 0 Å². The van der Waals surface area contributed by atoms with Gasteiger partial charge < -0.3 is 0 Å². The fourth-order valence-corrected chi connectivity index (χ4v) is 1.43. The summed E-state index contributed by atoms with van der Waals surface area (Å²) in [5, 5.41) is 0. The van der Waals surface area contributed by atoms with Gasteiger partial charge in [0.15, 0.2) is 0 Å². The van der Waals surface area contributed by atoms with Crippen LogP contribution in [0.1, 0.15) is 11.1 Å². The third-order valence-corrected chi connectivity index (χ3v) is 2.35. The van der Waals surface area contributed by atoms with E-state index in [1.54, 1.807) is 0 Å². The number of rotatable bonds is 1. The van der Waals surface area contributed by atoms with Crippen LogP contribution in [0.15, 0.2) is 42.5 Å². The van der Waals surface area contributed by atoms with Crippen LogP contribution in [0.4, 0.5) is 0 Å². The molecule has 0 heterocycles. The highest BCUT2D eigenvalue weighted by atomic mass is 14.0. The lowest BCUT2D eigenvalue weighted by atomic mass is 10.0. The molecule has 1 radical (unpaired) electrons. The lowest BCUT2D eigenvalue weighted by Crippen LogP contribution is -1.79. The molecule has 0 spiro atoms. The van der Waals surface area contributed by atoms with E-state index < -0.39 is 0 Å². The monoisotopic (exact) mass is 181 g/mol. The minimum absolute atomic E-state index is 1.18. The van der Waals surface area contributed by atoms with Crippen molar-refractivity contribution >= 4 is 0 Å². The molecular formula is C14H13. The first-order chi connectivity index (χ1) is 6.75. The summed E-state index contributed by atoms with van der Waals surface area (Å²) in [6.45, 7) is 4.16. The fraction of sp³-hybridized carbons (Fsp3) is 0.143. The molecule has 0 amide bonds. The van der Waals surface area contributed by atoms with Crippen molar-refractivity contribution in [1.29, 1.82) is 0 Å². The largest absolute Gasteiger partial charge is 0.0587 e. The third kappa shape index (κ3) is 1.85. The van der Waals surface area contributed by atoms with Crippen molar-refractivity contribution in [1.82, 2.24) is 0 Å². The molecule has 0 aliphatic carbocycles. The molecule has 0 aromatic heterocycles. The van der Waals surface area contributed by atoms with Crippen molar-refractivity contribution in [3.63, 3.8) is 0 Å². The Bertz CT molecular complexity index is 363. The van der Waals surface area contributed by atoms with Gasteiger partial charge in [0.05, 0.1) is 0 Å². The molecule has 2 rings (SSSR count). The molecule has 0 bridgehead atoms. The highest BCUT2D eigenvalue weighted by Crippen LogP contribution is 2.19. The molecule has 0 saturated heterocycles. The van der Waals surface area contributed by atoms with Crippen LogP contribution in [-0.2, 0) is 0 Å². The van der Waals surface area contributed by atoms with Crippen LogP contribution in [0.2, 0.25) is 0 Å². The maximum Gasteiger partial charge on any atom is -0.0146 e. The van der Waals surface area contributed by atoms with Gasteiger partial charge in [-0.05, 0) is 42.7 Å². The van der Waals surface area contributed by atoms with Crippen LogP contribution in [0.25, 0.3) is 11.1 Å². The van der Waals surface area contributed by atoms with Gasteiger partial charge in [-0.25, -0.2) is 0 Å². The van der Waals surface area contributed by atoms with Gasteiger partial charge in [0.1, 0.15) is 0 Å². The highest BCUT2D eigenvalue weighted by Gasteiger charge is 1.95. The fourth-order valence-electron chi connectivity index (χ4n) is 1.43. The zero-order chi connectivity index (χ0) is 9.97. The number of hydrogen-bond acceptors (Lipinski definition) is 0. The quantitative estimate of drug-likeness (QED) is 0.628. The van der Waals surface area contributed by atoms with E-state index in [9.17, 15) is 0 Å². The van der Waals surface area contributed by atoms with Gasteiger partial charge in [-0.15, -0.1) is 0 Å². The van der Waals surface area contributed by atoms with Crippen LogP contribution < -0.4 is 0 Å². The summed E-state index contributed by atoms with van der Waals surface area (Å²) in [6, 6.07) is 18.0. The Morgan fingerprint density at radius 3 is 2.00 bits per heavy atom. The second-order valence-corrected chi connectivity index (χ2v) is 3.63. The lowest BCUT2D eigenvalue weighted by molar-refractivity contribution is 1.44. The van der Waals surface area contributed by atoms with E-state index in [-0.39, 0.29) is 0 Å². The van der Waals surface area contributed by atoms with Crippen LogP contribution in [-0.4, -0.2) is 0 Å². The second kappa shape index (κ2) is 3.67. The first kappa shape index (κ1) is 9.01. The minimum Gasteiger partial charge on any atom is -0.0587 e. The Morgan fingerprint density at radius 2 is 1.43 bits per heavy atom. The summed E-state index contributed by atoms with van der Waals surface area (Å²) in [5.41, 5.74) is 4.97. The molecule has 69 valence electrons. The molecule has 2 aromatic carbocycles. The molecular weight excluding hydrogens is 168 g/mol. The van der Waals surface area contributed by atoms with Gasteiger partial charge in [-0.2, -0.15) is 0 Å². The van der Waals surface area contributed by atoms with Gasteiger partial charge >= 0.3 is 0 Å². The summed E-state index contributed by atoms with van der Waals surface area (Å²) < 4.78 is 0. The standard InChI is InChI=1S/C14H13/c1-11-3-7-13(8-4-11)14-9-5-12(2)6-10-14/h3-5,7-10H,1-2H3. The predicted octanol–water partition coefficient (Wildman–Crippen LogP) is 3.77. The molecule has 0 nitrogen and oxygen atoms in total. The van der Waals surface area contributed by atoms with E-state index >= 15 is 0 Å². The van der Waals surface area contributed by atoms with E-state index in [0.717, 1.165) is 0 Å². The first-order valence-corrected chi connectivity index (χ1v) is 4.81. The van der Waals surface area contributed by atoms with E-state index in [4.69, 9.17) is 0 Å². The second-order valence-electron chi connectivity index (χ2n) is 3.63. The average Bonchev–Trinajstić information content (AvgIpc) is 2.21. The Balaban J connectivity index is 2.40. The molecule has 0 unspecified atom stereocenters. The van der Waals surface area contributed by atoms with Crippen LogP contribution in [0.3, 0.4) is 0 Å². The summed E-state index contributed by atoms with van der Waals surface area (Å²) in [7, 11) is 0. The summed E-state index contributed by atoms with van der Waals surface area (Å²) in [5.74, 6) is 0. The Morgan fingerprint density at radius 1 is 0.786 bits per heavy atom. The molecule has 0 aliphatic heterocycles. The average molecular weight is 181 g/mol. The van der Waals surface area contributed by atoms with E-state index in [2.05, 4.69) is 56.3 Å². The minimum atomic E-state index is 1.18. The lowest BCUT2D eigenvalue weighted by Gasteiger charge is -2.02. The van der Waals surface area contributed by atoms with Crippen molar-refractivity contribution in [2.24, 2.45) is 0 Å². The Kier molecular flexibility index (Phi) is 2.36. The molecule has 2 aromatic rings. The molecule has 0 heteroatoms. The van der Waals surface area contributed by atoms with E-state index in [1.165, 1.54) is 22.3 Å². The van der Waals surface area contributed by atoms with Gasteiger partial charge in [0.2, 0.25) is 0 Å². The number of hydrogen-bond donors (Lipinski definition) is 0. The maximum absolute atomic E-state index is 3.21. The molecule has 0 atom stereocenters. The van der Waals surface area contributed by atoms with Gasteiger partial charge in [0.25, 0.3) is 0 Å². The summed E-state index contributed by atoms with van der Waals surface area (Å²) >= 11 is 0. The maximum atomic E-state index is 3.21. The molecule has 0 aliphatic rings. The predicted molar refractivity (Wildman–Crippen MR) is 60.2 cm³/mol. The van der Waals surface area contributed by atoms with Crippen molar-refractivity contribution in [3.8, 4) is 11.1 Å². The van der Waals surface area contributed by atoms with E-state index in [1.807, 2.05) is 6.07 Å². The first-order valence-electron chi connectivity index (χ1n) is 4.81. The zero-order valence-electron chi connectivity index (χ0n) is 8.54. The van der Waals surface area contributed by atoms with Crippen LogP contribution in [0, 0.1) is 19.9 Å². The third-order valence-electron chi connectivity index (χ3n) is 2.35. The highest BCUT2D eigenvalue weighted by molar-refractivity contribution is 5.63. The molecule has 0 N–H and O–H groups in total. The normalized spacial score (nSPS) is 10.1. The molecule has 14 heavy (non-hydrogen) atoms. The summed E-state index contributed by atoms with van der Waals surface area (Å²) in [6.07, 6.45) is 0. The van der Waals surface area contributed by atoms with Crippen LogP contribution in [0.5, 0.6) is 0 Å². The smallest absolute Gasteiger partial charge is 0.0146 e. The Labute approximate surface area is 85.2 Å². The molecule has 0 fully saturated rings. The van der Waals surface area contributed by atoms with Gasteiger partial charge in [-0.1, -0.05) is 42.0 Å². The Hall–Kier alpha value is -1.56. The van der Waals surface area contributed by atoms with Crippen molar-refractivity contribution in [3.05, 3.63) is 59.7 Å². The van der Waals surface area contributed by atoms with E-state index in [0.29, 0.717) is 0 Å². The number of benzene rings is 2.